The fourth-order valence-corrected chi connectivity index (χ4v) is 1.29. The smallest absolute Gasteiger partial charge is 0.0629 e. The van der Waals surface area contributed by atoms with E-state index < -0.39 is 0 Å². The van der Waals surface area contributed by atoms with Crippen LogP contribution in [-0.4, -0.2) is 44.3 Å². The third-order valence-electron chi connectivity index (χ3n) is 2.29. The monoisotopic (exact) mass is 189 g/mol. The first-order chi connectivity index (χ1) is 6.28. The van der Waals surface area contributed by atoms with Crippen molar-refractivity contribution in [2.45, 2.75) is 26.3 Å². The molecule has 1 unspecified atom stereocenters. The van der Waals surface area contributed by atoms with Gasteiger partial charge in [-0.2, -0.15) is 0 Å². The first-order valence-electron chi connectivity index (χ1n) is 4.95. The molecule has 0 rings (SSSR count). The SMILES string of the molecule is CCN(CC)CCC(COC)NN. The molecule has 0 aliphatic rings. The van der Waals surface area contributed by atoms with Gasteiger partial charge in [0.25, 0.3) is 0 Å². The number of nitrogens with two attached hydrogens (primary N) is 1. The molecule has 0 spiro atoms. The summed E-state index contributed by atoms with van der Waals surface area (Å²) in [5, 5.41) is 0. The number of hydrazine groups is 1. The molecular formula is C9H23N3O. The van der Waals surface area contributed by atoms with Gasteiger partial charge in [-0.15, -0.1) is 0 Å². The van der Waals surface area contributed by atoms with Crippen LogP contribution in [0, 0.1) is 0 Å². The van der Waals surface area contributed by atoms with Crippen LogP contribution in [0.3, 0.4) is 0 Å². The maximum Gasteiger partial charge on any atom is 0.0629 e. The van der Waals surface area contributed by atoms with Crippen LogP contribution in [0.2, 0.25) is 0 Å². The molecule has 0 aliphatic heterocycles. The molecule has 80 valence electrons. The number of hydrogen-bond donors (Lipinski definition) is 2. The van der Waals surface area contributed by atoms with Crippen molar-refractivity contribution in [2.24, 2.45) is 5.84 Å². The number of ether oxygens (including phenoxy) is 1. The van der Waals surface area contributed by atoms with Crippen molar-refractivity contribution >= 4 is 0 Å². The minimum Gasteiger partial charge on any atom is -0.383 e. The molecule has 13 heavy (non-hydrogen) atoms. The lowest BCUT2D eigenvalue weighted by Gasteiger charge is -2.21. The maximum absolute atomic E-state index is 5.38. The molecule has 0 aliphatic carbocycles. The standard InChI is InChI=1S/C9H23N3O/c1-4-12(5-2)7-6-9(11-10)8-13-3/h9,11H,4-8,10H2,1-3H3. The Labute approximate surface area is 81.4 Å². The molecule has 0 fully saturated rings. The Morgan fingerprint density at radius 3 is 2.38 bits per heavy atom. The highest BCUT2D eigenvalue weighted by Gasteiger charge is 2.07. The van der Waals surface area contributed by atoms with Gasteiger partial charge in [-0.05, 0) is 26.1 Å². The Hall–Kier alpha value is -0.160. The van der Waals surface area contributed by atoms with Crippen molar-refractivity contribution in [1.29, 1.82) is 0 Å². The summed E-state index contributed by atoms with van der Waals surface area (Å²) in [5.74, 6) is 5.38. The predicted octanol–water partition coefficient (Wildman–Crippen LogP) is 0.197. The van der Waals surface area contributed by atoms with Gasteiger partial charge in [-0.1, -0.05) is 13.8 Å². The molecule has 0 heterocycles. The van der Waals surface area contributed by atoms with Crippen molar-refractivity contribution in [1.82, 2.24) is 10.3 Å². The van der Waals surface area contributed by atoms with Crippen LogP contribution in [0.5, 0.6) is 0 Å². The summed E-state index contributed by atoms with van der Waals surface area (Å²) in [5.41, 5.74) is 2.75. The fraction of sp³-hybridized carbons (Fsp3) is 1.00. The van der Waals surface area contributed by atoms with E-state index in [4.69, 9.17) is 10.6 Å². The average Bonchev–Trinajstić information content (AvgIpc) is 2.17. The molecule has 0 bridgehead atoms. The molecule has 4 heteroatoms. The van der Waals surface area contributed by atoms with Crippen LogP contribution >= 0.6 is 0 Å². The highest BCUT2D eigenvalue weighted by atomic mass is 16.5. The first-order valence-corrected chi connectivity index (χ1v) is 4.95. The summed E-state index contributed by atoms with van der Waals surface area (Å²) in [6.07, 6.45) is 1.03. The molecule has 0 saturated heterocycles. The number of methoxy groups -OCH3 is 1. The highest BCUT2D eigenvalue weighted by Crippen LogP contribution is 1.95. The molecular weight excluding hydrogens is 166 g/mol. The summed E-state index contributed by atoms with van der Waals surface area (Å²) in [7, 11) is 1.70. The van der Waals surface area contributed by atoms with Gasteiger partial charge in [0.15, 0.2) is 0 Å². The normalized spacial score (nSPS) is 13.6. The molecule has 3 N–H and O–H groups in total. The van der Waals surface area contributed by atoms with Gasteiger partial charge in [-0.3, -0.25) is 11.3 Å². The van der Waals surface area contributed by atoms with Gasteiger partial charge in [0.2, 0.25) is 0 Å². The van der Waals surface area contributed by atoms with Gasteiger partial charge in [0, 0.05) is 13.2 Å². The van der Waals surface area contributed by atoms with E-state index in [9.17, 15) is 0 Å². The van der Waals surface area contributed by atoms with Crippen LogP contribution in [0.4, 0.5) is 0 Å². The lowest BCUT2D eigenvalue weighted by Crippen LogP contribution is -2.41. The summed E-state index contributed by atoms with van der Waals surface area (Å²) in [6.45, 7) is 8.29. The average molecular weight is 189 g/mol. The van der Waals surface area contributed by atoms with E-state index in [2.05, 4.69) is 24.2 Å². The highest BCUT2D eigenvalue weighted by molar-refractivity contribution is 4.65. The number of rotatable bonds is 8. The third kappa shape index (κ3) is 5.99. The topological polar surface area (TPSA) is 50.5 Å². The molecule has 0 aromatic heterocycles. The summed E-state index contributed by atoms with van der Waals surface area (Å²) in [6, 6.07) is 0.269. The minimum absolute atomic E-state index is 0.269. The quantitative estimate of drug-likeness (QED) is 0.423. The number of nitrogens with one attached hydrogen (secondary N) is 1. The second-order valence-corrected chi connectivity index (χ2v) is 3.13. The van der Waals surface area contributed by atoms with Crippen LogP contribution < -0.4 is 11.3 Å². The maximum atomic E-state index is 5.38. The zero-order chi connectivity index (χ0) is 10.1. The van der Waals surface area contributed by atoms with Crippen molar-refractivity contribution < 1.29 is 4.74 Å². The van der Waals surface area contributed by atoms with Gasteiger partial charge < -0.3 is 9.64 Å². The minimum atomic E-state index is 0.269. The van der Waals surface area contributed by atoms with E-state index in [1.165, 1.54) is 0 Å². The molecule has 4 nitrogen and oxygen atoms in total. The molecule has 0 aromatic carbocycles. The van der Waals surface area contributed by atoms with E-state index in [0.29, 0.717) is 6.61 Å². The summed E-state index contributed by atoms with van der Waals surface area (Å²) in [4.78, 5) is 2.38. The van der Waals surface area contributed by atoms with Crippen molar-refractivity contribution in [2.75, 3.05) is 33.4 Å². The van der Waals surface area contributed by atoms with Crippen LogP contribution in [-0.2, 0) is 4.74 Å². The Balaban J connectivity index is 3.56. The third-order valence-corrected chi connectivity index (χ3v) is 2.29. The van der Waals surface area contributed by atoms with E-state index >= 15 is 0 Å². The van der Waals surface area contributed by atoms with Gasteiger partial charge in [-0.25, -0.2) is 0 Å². The lowest BCUT2D eigenvalue weighted by atomic mass is 10.2. The van der Waals surface area contributed by atoms with Crippen LogP contribution in [0.15, 0.2) is 0 Å². The molecule has 0 aromatic rings. The largest absolute Gasteiger partial charge is 0.383 e. The van der Waals surface area contributed by atoms with Crippen molar-refractivity contribution in [3.8, 4) is 0 Å². The second kappa shape index (κ2) is 8.44. The zero-order valence-electron chi connectivity index (χ0n) is 9.05. The lowest BCUT2D eigenvalue weighted by molar-refractivity contribution is 0.154. The Kier molecular flexibility index (Phi) is 8.33. The zero-order valence-corrected chi connectivity index (χ0v) is 9.05. The van der Waals surface area contributed by atoms with Gasteiger partial charge in [0.05, 0.1) is 6.61 Å². The van der Waals surface area contributed by atoms with E-state index in [1.54, 1.807) is 7.11 Å². The van der Waals surface area contributed by atoms with Crippen LogP contribution in [0.25, 0.3) is 0 Å². The van der Waals surface area contributed by atoms with Crippen LogP contribution in [0.1, 0.15) is 20.3 Å². The number of nitrogens with zero attached hydrogens (tertiary/aromatic N) is 1. The van der Waals surface area contributed by atoms with E-state index in [0.717, 1.165) is 26.1 Å². The van der Waals surface area contributed by atoms with Gasteiger partial charge in [0.1, 0.15) is 0 Å². The predicted molar refractivity (Wildman–Crippen MR) is 55.4 cm³/mol. The number of hydrogen-bond acceptors (Lipinski definition) is 4. The summed E-state index contributed by atoms with van der Waals surface area (Å²) >= 11 is 0. The Morgan fingerprint density at radius 2 is 2.00 bits per heavy atom. The molecule has 0 saturated carbocycles. The van der Waals surface area contributed by atoms with Crippen molar-refractivity contribution in [3.05, 3.63) is 0 Å². The Morgan fingerprint density at radius 1 is 1.38 bits per heavy atom. The Bertz CT molecular complexity index is 107. The summed E-state index contributed by atoms with van der Waals surface area (Å²) < 4.78 is 5.03. The molecule has 1 atom stereocenters. The second-order valence-electron chi connectivity index (χ2n) is 3.13. The first kappa shape index (κ1) is 12.8. The van der Waals surface area contributed by atoms with E-state index in [-0.39, 0.29) is 6.04 Å². The van der Waals surface area contributed by atoms with Crippen molar-refractivity contribution in [3.63, 3.8) is 0 Å². The molecule has 0 amide bonds. The molecule has 0 radical (unpaired) electrons. The van der Waals surface area contributed by atoms with E-state index in [1.807, 2.05) is 0 Å². The van der Waals surface area contributed by atoms with Gasteiger partial charge >= 0.3 is 0 Å². The fourth-order valence-electron chi connectivity index (χ4n) is 1.29.